The molecule has 12 nitrogen and oxygen atoms in total. The monoisotopic (exact) mass is 561 g/mol. The first-order valence-electron chi connectivity index (χ1n) is 11.5. The molecular formula is C24H27N5O7S2. The lowest BCUT2D eigenvalue weighted by molar-refractivity contribution is -0.161. The van der Waals surface area contributed by atoms with E-state index in [0.717, 1.165) is 0 Å². The van der Waals surface area contributed by atoms with Gasteiger partial charge in [-0.1, -0.05) is 42.5 Å². The third-order valence-electron chi connectivity index (χ3n) is 6.35. The molecule has 0 aliphatic carbocycles. The molecule has 2 fully saturated rings. The van der Waals surface area contributed by atoms with Crippen molar-refractivity contribution in [2.45, 2.75) is 53.5 Å². The van der Waals surface area contributed by atoms with Crippen LogP contribution in [-0.2, 0) is 31.0 Å². The van der Waals surface area contributed by atoms with Crippen LogP contribution in [0.1, 0.15) is 31.0 Å². The number of carbonyl (C=O) groups excluding carboxylic acids is 3. The fourth-order valence-electron chi connectivity index (χ4n) is 4.49. The minimum atomic E-state index is -3.84. The van der Waals surface area contributed by atoms with Gasteiger partial charge in [0, 0.05) is 11.3 Å². The molecule has 2 aliphatic rings. The summed E-state index contributed by atoms with van der Waals surface area (Å²) in [6.07, 6.45) is 0. The minimum Gasteiger partial charge on any atom is -0.480 e. The lowest BCUT2D eigenvalue weighted by atomic mass is 9.95. The number of primary sulfonamides is 1. The molecule has 0 aromatic heterocycles. The zero-order valence-electron chi connectivity index (χ0n) is 20.5. The van der Waals surface area contributed by atoms with Crippen LogP contribution in [0.5, 0.6) is 0 Å². The number of hydrogen-bond donors (Lipinski definition) is 5. The highest BCUT2D eigenvalue weighted by Gasteiger charge is 2.64. The first kappa shape index (κ1) is 27.4. The van der Waals surface area contributed by atoms with Crippen molar-refractivity contribution in [3.63, 3.8) is 0 Å². The predicted molar refractivity (Wildman–Crippen MR) is 138 cm³/mol. The third-order valence-corrected chi connectivity index (χ3v) is 8.85. The summed E-state index contributed by atoms with van der Waals surface area (Å²) in [5, 5.41) is 22.0. The maximum atomic E-state index is 13.3. The van der Waals surface area contributed by atoms with Crippen LogP contribution in [-0.4, -0.2) is 64.4 Å². The molecule has 0 radical (unpaired) electrons. The average Bonchev–Trinajstić information content (AvgIpc) is 3.12. The number of benzene rings is 2. The highest BCUT2D eigenvalue weighted by molar-refractivity contribution is 8.01. The van der Waals surface area contributed by atoms with E-state index in [1.54, 1.807) is 44.2 Å². The van der Waals surface area contributed by atoms with E-state index in [4.69, 9.17) is 5.14 Å². The van der Waals surface area contributed by atoms with Gasteiger partial charge in [0.25, 0.3) is 0 Å². The second-order valence-corrected chi connectivity index (χ2v) is 12.8. The summed E-state index contributed by atoms with van der Waals surface area (Å²) in [5.41, 5.74) is 1.08. The Morgan fingerprint density at radius 1 is 1.11 bits per heavy atom. The molecule has 2 saturated heterocycles. The highest BCUT2D eigenvalue weighted by Crippen LogP contribution is 2.50. The molecule has 0 bridgehead atoms. The average molecular weight is 562 g/mol. The van der Waals surface area contributed by atoms with Gasteiger partial charge in [-0.05, 0) is 37.1 Å². The number of urea groups is 1. The van der Waals surface area contributed by atoms with Crippen LogP contribution >= 0.6 is 11.8 Å². The largest absolute Gasteiger partial charge is 0.480 e. The number of β-lactam (4-membered cyclic amide) rings is 1. The summed E-state index contributed by atoms with van der Waals surface area (Å²) in [6.45, 7) is 3.52. The van der Waals surface area contributed by atoms with Crippen LogP contribution in [0.25, 0.3) is 0 Å². The van der Waals surface area contributed by atoms with E-state index in [9.17, 15) is 32.7 Å². The topological polar surface area (TPSA) is 188 Å². The summed E-state index contributed by atoms with van der Waals surface area (Å²) >= 11 is 1.30. The fraction of sp³-hybridized carbons (Fsp3) is 0.333. The standard InChI is InChI=1S/C24H27N5O7S2/c1-24(2)18(22(32)33)29-20(31)17(21(29)37-24)27-19(30)16(14-6-4-3-5-7-14)28-23(34)26-12-13-8-10-15(11-9-13)38(25,35)36/h3-11,16-18,21H,12H2,1-2H3,(H,27,30)(H,32,33)(H2,25,35,36)(H2,26,28,34)/t16-,17-,18+,21-/m1/s1. The number of carbonyl (C=O) groups is 4. The molecule has 6 N–H and O–H groups in total. The van der Waals surface area contributed by atoms with Crippen LogP contribution in [0.2, 0.25) is 0 Å². The highest BCUT2D eigenvalue weighted by atomic mass is 32.2. The van der Waals surface area contributed by atoms with Crippen molar-refractivity contribution in [1.29, 1.82) is 0 Å². The molecule has 0 unspecified atom stereocenters. The van der Waals surface area contributed by atoms with Crippen LogP contribution < -0.4 is 21.1 Å². The van der Waals surface area contributed by atoms with Crippen molar-refractivity contribution in [1.82, 2.24) is 20.9 Å². The van der Waals surface area contributed by atoms with Gasteiger partial charge in [-0.25, -0.2) is 23.1 Å². The molecule has 0 spiro atoms. The molecule has 14 heteroatoms. The van der Waals surface area contributed by atoms with Crippen LogP contribution in [0.4, 0.5) is 4.79 Å². The smallest absolute Gasteiger partial charge is 0.327 e. The Morgan fingerprint density at radius 3 is 2.32 bits per heavy atom. The maximum absolute atomic E-state index is 13.3. The summed E-state index contributed by atoms with van der Waals surface area (Å²) < 4.78 is 22.1. The number of sulfonamides is 1. The molecule has 4 amide bonds. The number of nitrogens with zero attached hydrogens (tertiary/aromatic N) is 1. The maximum Gasteiger partial charge on any atom is 0.327 e. The Balaban J connectivity index is 1.43. The normalized spacial score (nSPS) is 22.6. The summed E-state index contributed by atoms with van der Waals surface area (Å²) in [7, 11) is -3.84. The first-order valence-corrected chi connectivity index (χ1v) is 14.0. The van der Waals surface area contributed by atoms with Gasteiger partial charge in [-0.15, -0.1) is 11.8 Å². The van der Waals surface area contributed by atoms with Crippen molar-refractivity contribution in [2.75, 3.05) is 0 Å². The number of hydrogen-bond acceptors (Lipinski definition) is 7. The first-order chi connectivity index (χ1) is 17.8. The van der Waals surface area contributed by atoms with Gasteiger partial charge < -0.3 is 26.0 Å². The number of rotatable bonds is 8. The Bertz CT molecular complexity index is 1370. The minimum absolute atomic E-state index is 0.0420. The molecule has 202 valence electrons. The number of fused-ring (bicyclic) bond motifs is 1. The lowest BCUT2D eigenvalue weighted by Crippen LogP contribution is -2.71. The molecule has 4 rings (SSSR count). The quantitative estimate of drug-likeness (QED) is 0.288. The van der Waals surface area contributed by atoms with E-state index in [2.05, 4.69) is 16.0 Å². The zero-order valence-corrected chi connectivity index (χ0v) is 22.1. The van der Waals surface area contributed by atoms with Crippen molar-refractivity contribution in [3.05, 3.63) is 65.7 Å². The number of thioether (sulfide) groups is 1. The molecule has 0 saturated carbocycles. The summed E-state index contributed by atoms with van der Waals surface area (Å²) in [5.74, 6) is -2.23. The molecule has 2 aromatic carbocycles. The van der Waals surface area contributed by atoms with Crippen molar-refractivity contribution in [3.8, 4) is 0 Å². The van der Waals surface area contributed by atoms with E-state index in [1.807, 2.05) is 0 Å². The Hall–Kier alpha value is -3.62. The van der Waals surface area contributed by atoms with E-state index < -0.39 is 62.1 Å². The SMILES string of the molecule is CC1(C)S[C@@H]2[C@H](NC(=O)[C@H](NC(=O)NCc3ccc(S(N)(=O)=O)cc3)c3ccccc3)C(=O)N2[C@H]1C(=O)O. The number of carboxylic acid groups (broad SMARTS) is 1. The Morgan fingerprint density at radius 2 is 1.74 bits per heavy atom. The summed E-state index contributed by atoms with van der Waals surface area (Å²) in [6, 6.07) is 10.3. The Labute approximate surface area is 223 Å². The second-order valence-electron chi connectivity index (χ2n) is 9.44. The number of carboxylic acids is 1. The Kier molecular flexibility index (Phi) is 7.41. The molecule has 4 atom stereocenters. The number of nitrogens with one attached hydrogen (secondary N) is 3. The van der Waals surface area contributed by atoms with Gasteiger partial charge in [-0.3, -0.25) is 9.59 Å². The predicted octanol–water partition coefficient (Wildman–Crippen LogP) is 0.506. The van der Waals surface area contributed by atoms with Crippen LogP contribution in [0, 0.1) is 0 Å². The second kappa shape index (κ2) is 10.3. The van der Waals surface area contributed by atoms with E-state index in [-0.39, 0.29) is 11.4 Å². The number of amides is 4. The van der Waals surface area contributed by atoms with Crippen molar-refractivity contribution < 1.29 is 32.7 Å². The molecule has 2 heterocycles. The third kappa shape index (κ3) is 5.47. The number of aliphatic carboxylic acids is 1. The van der Waals surface area contributed by atoms with Crippen molar-refractivity contribution >= 4 is 45.6 Å². The number of nitrogens with two attached hydrogens (primary N) is 1. The van der Waals surface area contributed by atoms with E-state index >= 15 is 0 Å². The zero-order chi connectivity index (χ0) is 27.8. The van der Waals surface area contributed by atoms with Gasteiger partial charge in [0.1, 0.15) is 23.5 Å². The lowest BCUT2D eigenvalue weighted by Gasteiger charge is -2.44. The van der Waals surface area contributed by atoms with E-state index in [1.165, 1.54) is 40.9 Å². The molecule has 2 aliphatic heterocycles. The van der Waals surface area contributed by atoms with Gasteiger partial charge in [-0.2, -0.15) is 0 Å². The van der Waals surface area contributed by atoms with Gasteiger partial charge >= 0.3 is 12.0 Å². The van der Waals surface area contributed by atoms with Gasteiger partial charge in [0.15, 0.2) is 0 Å². The van der Waals surface area contributed by atoms with Gasteiger partial charge in [0.05, 0.1) is 4.90 Å². The van der Waals surface area contributed by atoms with E-state index in [0.29, 0.717) is 11.1 Å². The molecular weight excluding hydrogens is 534 g/mol. The summed E-state index contributed by atoms with van der Waals surface area (Å²) in [4.78, 5) is 51.7. The van der Waals surface area contributed by atoms with Crippen LogP contribution in [0.15, 0.2) is 59.5 Å². The van der Waals surface area contributed by atoms with Crippen LogP contribution in [0.3, 0.4) is 0 Å². The van der Waals surface area contributed by atoms with Gasteiger partial charge in [0.2, 0.25) is 21.8 Å². The van der Waals surface area contributed by atoms with Crippen molar-refractivity contribution in [2.24, 2.45) is 5.14 Å². The molecule has 38 heavy (non-hydrogen) atoms. The fourth-order valence-corrected chi connectivity index (χ4v) is 6.63. The molecule has 2 aromatic rings.